The van der Waals surface area contributed by atoms with Crippen molar-refractivity contribution >= 4 is 0 Å². The molecule has 1 aromatic rings. The van der Waals surface area contributed by atoms with Crippen LogP contribution in [0.4, 0.5) is 0 Å². The van der Waals surface area contributed by atoms with Gasteiger partial charge >= 0.3 is 0 Å². The third kappa shape index (κ3) is 2.38. The van der Waals surface area contributed by atoms with Gasteiger partial charge in [-0.05, 0) is 30.9 Å². The van der Waals surface area contributed by atoms with Crippen molar-refractivity contribution in [1.82, 2.24) is 0 Å². The number of hydrogen-bond donors (Lipinski definition) is 2. The number of aliphatic hydroxyl groups excluding tert-OH is 1. The van der Waals surface area contributed by atoms with Crippen LogP contribution in [-0.2, 0) is 0 Å². The van der Waals surface area contributed by atoms with Crippen LogP contribution in [-0.4, -0.2) is 11.7 Å². The van der Waals surface area contributed by atoms with Gasteiger partial charge in [-0.3, -0.25) is 0 Å². The van der Waals surface area contributed by atoms with Crippen molar-refractivity contribution in [3.05, 3.63) is 35.4 Å². The maximum atomic E-state index is 10.7. The number of rotatable bonds is 3. The summed E-state index contributed by atoms with van der Waals surface area (Å²) in [6.07, 6.45) is 5.37. The fraction of sp³-hybridized carbons (Fsp3) is 0.600. The normalized spacial score (nSPS) is 21.1. The molecule has 2 heteroatoms. The van der Waals surface area contributed by atoms with Crippen molar-refractivity contribution in [2.45, 2.75) is 45.1 Å². The Morgan fingerprint density at radius 2 is 1.88 bits per heavy atom. The van der Waals surface area contributed by atoms with E-state index in [0.29, 0.717) is 6.54 Å². The van der Waals surface area contributed by atoms with Crippen LogP contribution in [0.2, 0.25) is 0 Å². The van der Waals surface area contributed by atoms with Crippen molar-refractivity contribution in [2.24, 2.45) is 11.1 Å². The number of benzene rings is 1. The minimum absolute atomic E-state index is 0.0929. The van der Waals surface area contributed by atoms with Gasteiger partial charge < -0.3 is 10.8 Å². The Morgan fingerprint density at radius 3 is 2.47 bits per heavy atom. The molecule has 0 saturated heterocycles. The minimum atomic E-state index is -0.408. The van der Waals surface area contributed by atoms with Gasteiger partial charge in [0.05, 0.1) is 6.10 Å². The van der Waals surface area contributed by atoms with Gasteiger partial charge in [0.25, 0.3) is 0 Å². The van der Waals surface area contributed by atoms with Gasteiger partial charge in [-0.15, -0.1) is 0 Å². The first-order valence-corrected chi connectivity index (χ1v) is 6.63. The Morgan fingerprint density at radius 1 is 1.24 bits per heavy atom. The molecule has 0 aromatic heterocycles. The lowest BCUT2D eigenvalue weighted by atomic mass is 9.68. The second kappa shape index (κ2) is 5.19. The van der Waals surface area contributed by atoms with E-state index in [0.717, 1.165) is 18.4 Å². The summed E-state index contributed by atoms with van der Waals surface area (Å²) in [5.74, 6) is 0. The minimum Gasteiger partial charge on any atom is -0.388 e. The molecule has 0 radical (unpaired) electrons. The maximum Gasteiger partial charge on any atom is 0.0860 e. The monoisotopic (exact) mass is 233 g/mol. The average Bonchev–Trinajstić information content (AvgIpc) is 2.39. The smallest absolute Gasteiger partial charge is 0.0860 e. The summed E-state index contributed by atoms with van der Waals surface area (Å²) in [4.78, 5) is 0. The summed E-state index contributed by atoms with van der Waals surface area (Å²) in [7, 11) is 0. The topological polar surface area (TPSA) is 46.2 Å². The van der Waals surface area contributed by atoms with Gasteiger partial charge in [0, 0.05) is 12.0 Å². The van der Waals surface area contributed by atoms with Crippen molar-refractivity contribution in [3.8, 4) is 0 Å². The molecule has 94 valence electrons. The molecule has 1 aliphatic rings. The second-order valence-corrected chi connectivity index (χ2v) is 5.39. The van der Waals surface area contributed by atoms with Gasteiger partial charge in [-0.25, -0.2) is 0 Å². The molecule has 0 bridgehead atoms. The Hall–Kier alpha value is -0.860. The van der Waals surface area contributed by atoms with Crippen LogP contribution in [0.15, 0.2) is 24.3 Å². The van der Waals surface area contributed by atoms with Crippen molar-refractivity contribution in [2.75, 3.05) is 6.54 Å². The molecular weight excluding hydrogens is 210 g/mol. The molecule has 0 spiro atoms. The molecule has 0 aliphatic heterocycles. The number of hydrogen-bond acceptors (Lipinski definition) is 2. The van der Waals surface area contributed by atoms with E-state index < -0.39 is 6.10 Å². The molecule has 2 rings (SSSR count). The fourth-order valence-electron chi connectivity index (χ4n) is 3.07. The van der Waals surface area contributed by atoms with Crippen molar-refractivity contribution in [3.63, 3.8) is 0 Å². The van der Waals surface area contributed by atoms with E-state index in [4.69, 9.17) is 5.73 Å². The van der Waals surface area contributed by atoms with E-state index in [-0.39, 0.29) is 5.41 Å². The van der Waals surface area contributed by atoms with Gasteiger partial charge in [0.1, 0.15) is 0 Å². The zero-order chi connectivity index (χ0) is 12.3. The molecule has 1 aliphatic carbocycles. The van der Waals surface area contributed by atoms with Crippen LogP contribution < -0.4 is 5.73 Å². The van der Waals surface area contributed by atoms with Crippen molar-refractivity contribution < 1.29 is 5.11 Å². The van der Waals surface area contributed by atoms with Gasteiger partial charge in [0.15, 0.2) is 0 Å². The number of nitrogens with two attached hydrogens (primary N) is 1. The fourth-order valence-corrected chi connectivity index (χ4v) is 3.07. The molecule has 0 amide bonds. The lowest BCUT2D eigenvalue weighted by Crippen LogP contribution is -2.38. The zero-order valence-electron chi connectivity index (χ0n) is 10.7. The lowest BCUT2D eigenvalue weighted by molar-refractivity contribution is 0.000304. The molecule has 1 saturated carbocycles. The highest BCUT2D eigenvalue weighted by atomic mass is 16.3. The van der Waals surface area contributed by atoms with Gasteiger partial charge in [-0.1, -0.05) is 43.5 Å². The molecule has 3 N–H and O–H groups in total. The lowest BCUT2D eigenvalue weighted by Gasteiger charge is -2.41. The second-order valence-electron chi connectivity index (χ2n) is 5.39. The third-order valence-corrected chi connectivity index (χ3v) is 4.32. The summed E-state index contributed by atoms with van der Waals surface area (Å²) >= 11 is 0. The molecule has 1 fully saturated rings. The zero-order valence-corrected chi connectivity index (χ0v) is 10.7. The van der Waals surface area contributed by atoms with E-state index in [9.17, 15) is 5.11 Å². The highest BCUT2D eigenvalue weighted by Gasteiger charge is 2.38. The molecule has 17 heavy (non-hydrogen) atoms. The standard InChI is InChI=1S/C15H23NO/c1-12-7-3-4-8-13(12)14(17)15(11-16)9-5-2-6-10-15/h3-4,7-8,14,17H,2,5-6,9-11,16H2,1H3. The van der Waals surface area contributed by atoms with E-state index in [1.165, 1.54) is 24.8 Å². The average molecular weight is 233 g/mol. The van der Waals surface area contributed by atoms with Crippen LogP contribution >= 0.6 is 0 Å². The maximum absolute atomic E-state index is 10.7. The number of aryl methyl sites for hydroxylation is 1. The Labute approximate surface area is 104 Å². The Balaban J connectivity index is 2.28. The molecular formula is C15H23NO. The Bertz CT molecular complexity index is 369. The predicted octanol–water partition coefficient (Wildman–Crippen LogP) is 2.94. The van der Waals surface area contributed by atoms with E-state index in [2.05, 4.69) is 13.0 Å². The van der Waals surface area contributed by atoms with E-state index in [1.807, 2.05) is 18.2 Å². The Kier molecular flexibility index (Phi) is 3.85. The summed E-state index contributed by atoms with van der Waals surface area (Å²) in [6.45, 7) is 2.65. The first-order valence-electron chi connectivity index (χ1n) is 6.63. The third-order valence-electron chi connectivity index (χ3n) is 4.32. The summed E-state index contributed by atoms with van der Waals surface area (Å²) in [5.41, 5.74) is 8.09. The number of aliphatic hydroxyl groups is 1. The highest BCUT2D eigenvalue weighted by molar-refractivity contribution is 5.29. The van der Waals surface area contributed by atoms with Crippen LogP contribution in [0.1, 0.15) is 49.3 Å². The van der Waals surface area contributed by atoms with Gasteiger partial charge in [-0.2, -0.15) is 0 Å². The molecule has 1 atom stereocenters. The largest absolute Gasteiger partial charge is 0.388 e. The quantitative estimate of drug-likeness (QED) is 0.843. The first kappa shape index (κ1) is 12.6. The van der Waals surface area contributed by atoms with Crippen LogP contribution in [0.5, 0.6) is 0 Å². The first-order chi connectivity index (χ1) is 8.19. The van der Waals surface area contributed by atoms with E-state index >= 15 is 0 Å². The molecule has 1 aromatic carbocycles. The molecule has 2 nitrogen and oxygen atoms in total. The SMILES string of the molecule is Cc1ccccc1C(O)C1(CN)CCCCC1. The van der Waals surface area contributed by atoms with Crippen molar-refractivity contribution in [1.29, 1.82) is 0 Å². The summed E-state index contributed by atoms with van der Waals surface area (Å²) in [5, 5.41) is 10.7. The van der Waals surface area contributed by atoms with Crippen LogP contribution in [0, 0.1) is 12.3 Å². The summed E-state index contributed by atoms with van der Waals surface area (Å²) < 4.78 is 0. The molecule has 1 unspecified atom stereocenters. The van der Waals surface area contributed by atoms with Crippen LogP contribution in [0.3, 0.4) is 0 Å². The predicted molar refractivity (Wildman–Crippen MR) is 70.7 cm³/mol. The highest BCUT2D eigenvalue weighted by Crippen LogP contribution is 2.45. The van der Waals surface area contributed by atoms with E-state index in [1.54, 1.807) is 0 Å². The molecule has 0 heterocycles. The van der Waals surface area contributed by atoms with Crippen LogP contribution in [0.25, 0.3) is 0 Å². The van der Waals surface area contributed by atoms with Gasteiger partial charge in [0.2, 0.25) is 0 Å². The summed E-state index contributed by atoms with van der Waals surface area (Å²) in [6, 6.07) is 8.11.